The molecule has 0 amide bonds. The van der Waals surface area contributed by atoms with Crippen LogP contribution in [0.2, 0.25) is 0 Å². The molecule has 0 aliphatic heterocycles. The molecule has 114 valence electrons. The van der Waals surface area contributed by atoms with E-state index < -0.39 is 5.97 Å². The molecule has 2 fully saturated rings. The average molecular weight is 287 g/mol. The van der Waals surface area contributed by atoms with Crippen LogP contribution < -0.4 is 5.32 Å². The van der Waals surface area contributed by atoms with E-state index in [0.29, 0.717) is 17.9 Å². The van der Waals surface area contributed by atoms with E-state index in [1.807, 2.05) is 6.07 Å². The molecule has 1 aromatic carbocycles. The summed E-state index contributed by atoms with van der Waals surface area (Å²) in [5.74, 6) is 0.222. The summed E-state index contributed by atoms with van der Waals surface area (Å²) in [4.78, 5) is 11.5. The lowest BCUT2D eigenvalue weighted by atomic mass is 9.84. The number of aliphatic carboxylic acids is 1. The second-order valence-corrected chi connectivity index (χ2v) is 6.82. The number of rotatable bonds is 6. The van der Waals surface area contributed by atoms with Crippen LogP contribution in [0.25, 0.3) is 0 Å². The van der Waals surface area contributed by atoms with E-state index in [9.17, 15) is 9.90 Å². The van der Waals surface area contributed by atoms with Crippen molar-refractivity contribution in [3.05, 3.63) is 35.9 Å². The van der Waals surface area contributed by atoms with Crippen molar-refractivity contribution in [3.8, 4) is 0 Å². The van der Waals surface area contributed by atoms with Gasteiger partial charge in [0.25, 0.3) is 0 Å². The second kappa shape index (κ2) is 6.18. The number of hydrogen-bond acceptors (Lipinski definition) is 2. The average Bonchev–Trinajstić information content (AvgIpc) is 3.07. The van der Waals surface area contributed by atoms with E-state index in [1.54, 1.807) is 0 Å². The molecule has 0 saturated heterocycles. The summed E-state index contributed by atoms with van der Waals surface area (Å²) in [7, 11) is 0. The smallest absolute Gasteiger partial charge is 0.308 e. The lowest BCUT2D eigenvalue weighted by Crippen LogP contribution is -2.47. The molecule has 3 heteroatoms. The maximum atomic E-state index is 11.5. The molecule has 2 N–H and O–H groups in total. The molecule has 0 radical (unpaired) electrons. The van der Waals surface area contributed by atoms with Crippen LogP contribution in [0.15, 0.2) is 30.3 Å². The number of carboxylic acid groups (broad SMARTS) is 1. The Hall–Kier alpha value is -1.35. The molecule has 21 heavy (non-hydrogen) atoms. The number of hydrogen-bond donors (Lipinski definition) is 2. The van der Waals surface area contributed by atoms with E-state index >= 15 is 0 Å². The number of aryl methyl sites for hydroxylation is 1. The third kappa shape index (κ3) is 3.13. The zero-order valence-corrected chi connectivity index (χ0v) is 12.7. The Bertz CT molecular complexity index is 487. The lowest BCUT2D eigenvalue weighted by Gasteiger charge is -2.31. The summed E-state index contributed by atoms with van der Waals surface area (Å²) in [5, 5.41) is 13.1. The van der Waals surface area contributed by atoms with Crippen LogP contribution in [-0.4, -0.2) is 23.2 Å². The Kier molecular flexibility index (Phi) is 4.29. The first-order valence-corrected chi connectivity index (χ1v) is 8.18. The topological polar surface area (TPSA) is 49.3 Å². The van der Waals surface area contributed by atoms with Gasteiger partial charge in [-0.25, -0.2) is 0 Å². The van der Waals surface area contributed by atoms with Crippen molar-refractivity contribution in [3.63, 3.8) is 0 Å². The maximum Gasteiger partial charge on any atom is 0.308 e. The first-order valence-electron chi connectivity index (χ1n) is 8.18. The summed E-state index contributed by atoms with van der Waals surface area (Å²) in [6.07, 6.45) is 5.54. The van der Waals surface area contributed by atoms with Crippen molar-refractivity contribution in [1.29, 1.82) is 0 Å². The van der Waals surface area contributed by atoms with Gasteiger partial charge in [-0.05, 0) is 56.4 Å². The highest BCUT2D eigenvalue weighted by Gasteiger charge is 2.51. The molecular weight excluding hydrogens is 262 g/mol. The standard InChI is InChI=1S/C18H25NO2/c1-12(7-8-13-5-3-2-4-6-13)19-17-15-10-9-14(11-15)16(17)18(20)21/h2-6,12,14-17,19H,7-11H2,1H3,(H,20,21). The van der Waals surface area contributed by atoms with Crippen molar-refractivity contribution in [2.45, 2.75) is 51.1 Å². The summed E-state index contributed by atoms with van der Waals surface area (Å²) in [5.41, 5.74) is 1.36. The zero-order chi connectivity index (χ0) is 14.8. The minimum absolute atomic E-state index is 0.164. The van der Waals surface area contributed by atoms with E-state index in [0.717, 1.165) is 25.7 Å². The molecular formula is C18H25NO2. The molecule has 2 saturated carbocycles. The van der Waals surface area contributed by atoms with Gasteiger partial charge in [0, 0.05) is 12.1 Å². The first-order chi connectivity index (χ1) is 10.1. The molecule has 0 heterocycles. The Balaban J connectivity index is 1.54. The summed E-state index contributed by atoms with van der Waals surface area (Å²) < 4.78 is 0. The predicted octanol–water partition coefficient (Wildman–Crippen LogP) is 3.10. The number of nitrogens with one attached hydrogen (secondary N) is 1. The highest BCUT2D eigenvalue weighted by molar-refractivity contribution is 5.72. The number of carboxylic acids is 1. The van der Waals surface area contributed by atoms with Crippen LogP contribution in [0.4, 0.5) is 0 Å². The van der Waals surface area contributed by atoms with Crippen LogP contribution >= 0.6 is 0 Å². The molecule has 3 rings (SSSR count). The van der Waals surface area contributed by atoms with Crippen LogP contribution in [-0.2, 0) is 11.2 Å². The molecule has 5 atom stereocenters. The van der Waals surface area contributed by atoms with Gasteiger partial charge in [-0.2, -0.15) is 0 Å². The number of benzene rings is 1. The molecule has 2 aliphatic carbocycles. The van der Waals surface area contributed by atoms with Gasteiger partial charge in [0.1, 0.15) is 0 Å². The van der Waals surface area contributed by atoms with Crippen molar-refractivity contribution in [2.75, 3.05) is 0 Å². The van der Waals surface area contributed by atoms with Crippen LogP contribution in [0.3, 0.4) is 0 Å². The largest absolute Gasteiger partial charge is 0.481 e. The Morgan fingerprint density at radius 3 is 2.71 bits per heavy atom. The van der Waals surface area contributed by atoms with Crippen molar-refractivity contribution in [1.82, 2.24) is 5.32 Å². The van der Waals surface area contributed by atoms with Crippen LogP contribution in [0, 0.1) is 17.8 Å². The fraction of sp³-hybridized carbons (Fsp3) is 0.611. The quantitative estimate of drug-likeness (QED) is 0.845. The van der Waals surface area contributed by atoms with Crippen molar-refractivity contribution < 1.29 is 9.90 Å². The van der Waals surface area contributed by atoms with Gasteiger partial charge < -0.3 is 10.4 Å². The number of carbonyl (C=O) groups is 1. The second-order valence-electron chi connectivity index (χ2n) is 6.82. The van der Waals surface area contributed by atoms with Gasteiger partial charge in [-0.3, -0.25) is 4.79 Å². The highest BCUT2D eigenvalue weighted by Crippen LogP contribution is 2.48. The number of fused-ring (bicyclic) bond motifs is 2. The molecule has 2 bridgehead atoms. The van der Waals surface area contributed by atoms with Crippen LogP contribution in [0.5, 0.6) is 0 Å². The molecule has 5 unspecified atom stereocenters. The Morgan fingerprint density at radius 1 is 1.29 bits per heavy atom. The van der Waals surface area contributed by atoms with E-state index in [1.165, 1.54) is 12.0 Å². The zero-order valence-electron chi connectivity index (χ0n) is 12.7. The van der Waals surface area contributed by atoms with Gasteiger partial charge in [0.05, 0.1) is 5.92 Å². The Labute approximate surface area is 126 Å². The lowest BCUT2D eigenvalue weighted by molar-refractivity contribution is -0.144. The summed E-state index contributed by atoms with van der Waals surface area (Å²) >= 11 is 0. The minimum atomic E-state index is -0.602. The van der Waals surface area contributed by atoms with Crippen LogP contribution in [0.1, 0.15) is 38.2 Å². The van der Waals surface area contributed by atoms with Crippen molar-refractivity contribution in [2.24, 2.45) is 17.8 Å². The summed E-state index contributed by atoms with van der Waals surface area (Å²) in [6.45, 7) is 2.19. The first kappa shape index (κ1) is 14.6. The third-order valence-electron chi connectivity index (χ3n) is 5.39. The van der Waals surface area contributed by atoms with Gasteiger partial charge >= 0.3 is 5.97 Å². The van der Waals surface area contributed by atoms with E-state index in [-0.39, 0.29) is 12.0 Å². The molecule has 0 spiro atoms. The minimum Gasteiger partial charge on any atom is -0.481 e. The van der Waals surface area contributed by atoms with Gasteiger partial charge in [0.2, 0.25) is 0 Å². The normalized spacial score (nSPS) is 32.2. The van der Waals surface area contributed by atoms with Gasteiger partial charge in [-0.1, -0.05) is 30.3 Å². The fourth-order valence-electron chi connectivity index (χ4n) is 4.33. The molecule has 2 aliphatic rings. The van der Waals surface area contributed by atoms with Gasteiger partial charge in [0.15, 0.2) is 0 Å². The maximum absolute atomic E-state index is 11.5. The summed E-state index contributed by atoms with van der Waals surface area (Å²) in [6, 6.07) is 11.1. The van der Waals surface area contributed by atoms with E-state index in [4.69, 9.17) is 0 Å². The molecule has 0 aromatic heterocycles. The van der Waals surface area contributed by atoms with Crippen molar-refractivity contribution >= 4 is 5.97 Å². The van der Waals surface area contributed by atoms with Gasteiger partial charge in [-0.15, -0.1) is 0 Å². The fourth-order valence-corrected chi connectivity index (χ4v) is 4.33. The molecule has 3 nitrogen and oxygen atoms in total. The SMILES string of the molecule is CC(CCc1ccccc1)NC1C2CCC(C2)C1C(=O)O. The monoisotopic (exact) mass is 287 g/mol. The third-order valence-corrected chi connectivity index (χ3v) is 5.39. The predicted molar refractivity (Wildman–Crippen MR) is 83.1 cm³/mol. The Morgan fingerprint density at radius 2 is 2.00 bits per heavy atom. The highest BCUT2D eigenvalue weighted by atomic mass is 16.4. The van der Waals surface area contributed by atoms with E-state index in [2.05, 4.69) is 36.5 Å². The molecule has 1 aromatic rings.